The van der Waals surface area contributed by atoms with Crippen LogP contribution in [0, 0.1) is 5.92 Å². The van der Waals surface area contributed by atoms with E-state index in [4.69, 9.17) is 4.74 Å². The second-order valence-electron chi connectivity index (χ2n) is 9.92. The monoisotopic (exact) mass is 478 g/mol. The van der Waals surface area contributed by atoms with Crippen LogP contribution in [0.1, 0.15) is 69.4 Å². The van der Waals surface area contributed by atoms with E-state index in [-0.39, 0.29) is 30.8 Å². The molecule has 0 aliphatic heterocycles. The molecule has 0 radical (unpaired) electrons. The lowest BCUT2D eigenvalue weighted by atomic mass is 9.91. The number of carbonyl (C=O) groups excluding carboxylic acids is 2. The van der Waals surface area contributed by atoms with E-state index in [9.17, 15) is 19.5 Å². The average molecular weight is 479 g/mol. The lowest BCUT2D eigenvalue weighted by Gasteiger charge is -2.31. The summed E-state index contributed by atoms with van der Waals surface area (Å²) in [6, 6.07) is 15.5. The average Bonchev–Trinajstić information content (AvgIpc) is 3.64. The minimum absolute atomic E-state index is 0.0650. The Hall–Kier alpha value is -3.35. The van der Waals surface area contributed by atoms with Gasteiger partial charge < -0.3 is 20.5 Å². The zero-order chi connectivity index (χ0) is 25.0. The van der Waals surface area contributed by atoms with Crippen LogP contribution >= 0.6 is 0 Å². The summed E-state index contributed by atoms with van der Waals surface area (Å²) in [5.74, 6) is -1.23. The fourth-order valence-electron chi connectivity index (χ4n) is 5.15. The van der Waals surface area contributed by atoms with Crippen molar-refractivity contribution in [2.24, 2.45) is 5.92 Å². The number of ether oxygens (including phenoxy) is 1. The molecule has 7 nitrogen and oxygen atoms in total. The molecule has 0 bridgehead atoms. The highest BCUT2D eigenvalue weighted by molar-refractivity contribution is 5.87. The molecule has 2 amide bonds. The third kappa shape index (κ3) is 5.66. The third-order valence-corrected chi connectivity index (χ3v) is 7.20. The summed E-state index contributed by atoms with van der Waals surface area (Å²) >= 11 is 0. The maximum Gasteiger partial charge on any atom is 0.407 e. The molecule has 1 unspecified atom stereocenters. The maximum absolute atomic E-state index is 13.1. The van der Waals surface area contributed by atoms with E-state index in [1.54, 1.807) is 6.92 Å². The number of carboxylic acids is 1. The number of nitrogens with one attached hydrogen (secondary N) is 2. The first kappa shape index (κ1) is 24.8. The zero-order valence-electron chi connectivity index (χ0n) is 20.4. The van der Waals surface area contributed by atoms with Gasteiger partial charge in [0.05, 0.1) is 12.0 Å². The van der Waals surface area contributed by atoms with Crippen LogP contribution in [0.2, 0.25) is 0 Å². The van der Waals surface area contributed by atoms with Gasteiger partial charge in [-0.25, -0.2) is 4.79 Å². The van der Waals surface area contributed by atoms with E-state index in [0.29, 0.717) is 6.42 Å². The predicted molar refractivity (Wildman–Crippen MR) is 133 cm³/mol. The molecule has 0 spiro atoms. The summed E-state index contributed by atoms with van der Waals surface area (Å²) in [6.07, 6.45) is 3.07. The van der Waals surface area contributed by atoms with Crippen molar-refractivity contribution >= 4 is 18.0 Å². The van der Waals surface area contributed by atoms with Crippen molar-refractivity contribution in [3.8, 4) is 11.1 Å². The number of carboxylic acid groups (broad SMARTS) is 1. The van der Waals surface area contributed by atoms with Gasteiger partial charge in [0, 0.05) is 5.92 Å². The Kier molecular flexibility index (Phi) is 7.43. The van der Waals surface area contributed by atoms with Crippen LogP contribution in [0.3, 0.4) is 0 Å². The van der Waals surface area contributed by atoms with Gasteiger partial charge in [-0.2, -0.15) is 0 Å². The minimum atomic E-state index is -0.950. The van der Waals surface area contributed by atoms with Crippen molar-refractivity contribution < 1.29 is 24.2 Å². The predicted octanol–water partition coefficient (Wildman–Crippen LogP) is 4.84. The van der Waals surface area contributed by atoms with Gasteiger partial charge in [-0.1, -0.05) is 68.3 Å². The van der Waals surface area contributed by atoms with Crippen LogP contribution in [-0.4, -0.2) is 41.3 Å². The first-order chi connectivity index (χ1) is 16.8. The summed E-state index contributed by atoms with van der Waals surface area (Å²) in [4.78, 5) is 37.3. The molecule has 35 heavy (non-hydrogen) atoms. The first-order valence-electron chi connectivity index (χ1n) is 12.5. The molecule has 2 atom stereocenters. The summed E-state index contributed by atoms with van der Waals surface area (Å²) in [6.45, 7) is 3.96. The van der Waals surface area contributed by atoms with Crippen LogP contribution in [-0.2, 0) is 14.3 Å². The van der Waals surface area contributed by atoms with Crippen LogP contribution in [0.15, 0.2) is 48.5 Å². The molecule has 3 N–H and O–H groups in total. The number of aliphatic carboxylic acids is 1. The third-order valence-electron chi connectivity index (χ3n) is 7.20. The quantitative estimate of drug-likeness (QED) is 0.429. The second kappa shape index (κ2) is 10.5. The number of amides is 2. The highest BCUT2D eigenvalue weighted by atomic mass is 16.5. The minimum Gasteiger partial charge on any atom is -0.481 e. The van der Waals surface area contributed by atoms with E-state index < -0.39 is 23.6 Å². The topological polar surface area (TPSA) is 105 Å². The van der Waals surface area contributed by atoms with Crippen molar-refractivity contribution in [2.45, 2.75) is 69.9 Å². The fraction of sp³-hybridized carbons (Fsp3) is 0.464. The van der Waals surface area contributed by atoms with Gasteiger partial charge >= 0.3 is 12.1 Å². The van der Waals surface area contributed by atoms with E-state index >= 15 is 0 Å². The van der Waals surface area contributed by atoms with E-state index in [2.05, 4.69) is 34.9 Å². The van der Waals surface area contributed by atoms with Crippen LogP contribution in [0.25, 0.3) is 11.1 Å². The van der Waals surface area contributed by atoms with E-state index in [0.717, 1.165) is 47.9 Å². The van der Waals surface area contributed by atoms with Crippen molar-refractivity contribution in [3.05, 3.63) is 59.7 Å². The molecule has 2 aliphatic rings. The Bertz CT molecular complexity index is 1050. The van der Waals surface area contributed by atoms with Gasteiger partial charge in [0.25, 0.3) is 0 Å². The van der Waals surface area contributed by atoms with Crippen LogP contribution in [0.4, 0.5) is 4.79 Å². The molecule has 4 rings (SSSR count). The molecule has 7 heteroatoms. The lowest BCUT2D eigenvalue weighted by Crippen LogP contribution is -2.56. The fourth-order valence-corrected chi connectivity index (χ4v) is 5.15. The van der Waals surface area contributed by atoms with Crippen molar-refractivity contribution in [1.82, 2.24) is 10.6 Å². The van der Waals surface area contributed by atoms with E-state index in [1.165, 1.54) is 0 Å². The standard InChI is InChI=1S/C28H34N2O5/c1-3-4-13-24(26(33)30-28(2,16-25(31)32)18-14-15-18)29-27(34)35-17-23-21-11-7-5-9-19(21)20-10-6-8-12-22(20)23/h5-12,18,23-24H,3-4,13-17H2,1-2H3,(H,29,34)(H,30,33)(H,31,32)/t24-,28?/m0/s1. The maximum atomic E-state index is 13.1. The highest BCUT2D eigenvalue weighted by Gasteiger charge is 2.45. The molecule has 186 valence electrons. The van der Waals surface area contributed by atoms with Crippen LogP contribution < -0.4 is 10.6 Å². The molecule has 0 heterocycles. The number of alkyl carbamates (subject to hydrolysis) is 1. The Labute approximate surface area is 206 Å². The number of hydrogen-bond acceptors (Lipinski definition) is 4. The number of hydrogen-bond donors (Lipinski definition) is 3. The number of fused-ring (bicyclic) bond motifs is 3. The Morgan fingerprint density at radius 1 is 1.06 bits per heavy atom. The molecule has 0 aromatic heterocycles. The normalized spacial score (nSPS) is 17.0. The summed E-state index contributed by atoms with van der Waals surface area (Å²) < 4.78 is 5.63. The van der Waals surface area contributed by atoms with Gasteiger partial charge in [0.2, 0.25) is 5.91 Å². The number of unbranched alkanes of at least 4 members (excludes halogenated alkanes) is 1. The molecule has 0 saturated heterocycles. The first-order valence-corrected chi connectivity index (χ1v) is 12.5. The summed E-state index contributed by atoms with van der Waals surface area (Å²) in [5, 5.41) is 15.0. The smallest absolute Gasteiger partial charge is 0.407 e. The molecular formula is C28H34N2O5. The second-order valence-corrected chi connectivity index (χ2v) is 9.92. The van der Waals surface area contributed by atoms with Gasteiger partial charge in [-0.05, 0) is 54.4 Å². The van der Waals surface area contributed by atoms with E-state index in [1.807, 2.05) is 31.2 Å². The number of carbonyl (C=O) groups is 3. The van der Waals surface area contributed by atoms with Gasteiger partial charge in [-0.3, -0.25) is 9.59 Å². The molecule has 1 saturated carbocycles. The van der Waals surface area contributed by atoms with Gasteiger partial charge in [-0.15, -0.1) is 0 Å². The SMILES string of the molecule is CCCC[C@H](NC(=O)OCC1c2ccccc2-c2ccccc21)C(=O)NC(C)(CC(=O)O)C1CC1. The Balaban J connectivity index is 1.41. The van der Waals surface area contributed by atoms with Crippen molar-refractivity contribution in [1.29, 1.82) is 0 Å². The van der Waals surface area contributed by atoms with Crippen molar-refractivity contribution in [2.75, 3.05) is 6.61 Å². The highest BCUT2D eigenvalue weighted by Crippen LogP contribution is 2.44. The van der Waals surface area contributed by atoms with Gasteiger partial charge in [0.1, 0.15) is 12.6 Å². The summed E-state index contributed by atoms with van der Waals surface area (Å²) in [7, 11) is 0. The summed E-state index contributed by atoms with van der Waals surface area (Å²) in [5.41, 5.74) is 3.72. The van der Waals surface area contributed by atoms with Crippen molar-refractivity contribution in [3.63, 3.8) is 0 Å². The zero-order valence-corrected chi connectivity index (χ0v) is 20.4. The molecular weight excluding hydrogens is 444 g/mol. The molecule has 2 aromatic carbocycles. The van der Waals surface area contributed by atoms with Crippen LogP contribution in [0.5, 0.6) is 0 Å². The Morgan fingerprint density at radius 3 is 2.20 bits per heavy atom. The Morgan fingerprint density at radius 2 is 1.66 bits per heavy atom. The number of benzene rings is 2. The van der Waals surface area contributed by atoms with Gasteiger partial charge in [0.15, 0.2) is 0 Å². The molecule has 1 fully saturated rings. The largest absolute Gasteiger partial charge is 0.481 e. The molecule has 2 aliphatic carbocycles. The number of rotatable bonds is 11. The molecule has 2 aromatic rings. The lowest BCUT2D eigenvalue weighted by molar-refractivity contribution is -0.139.